The first kappa shape index (κ1) is 19.2. The molecule has 1 aromatic heterocycles. The average molecular weight is 367 g/mol. The van der Waals surface area contributed by atoms with Crippen molar-refractivity contribution in [1.82, 2.24) is 24.9 Å². The zero-order chi connectivity index (χ0) is 18.9. The van der Waals surface area contributed by atoms with Gasteiger partial charge in [0.15, 0.2) is 5.96 Å². The normalized spacial score (nSPS) is 16.2. The number of hydrogen-bond donors (Lipinski definition) is 1. The molecule has 0 saturated carbocycles. The highest BCUT2D eigenvalue weighted by atomic mass is 15.3. The smallest absolute Gasteiger partial charge is 0.194 e. The molecule has 0 unspecified atom stereocenters. The van der Waals surface area contributed by atoms with Crippen LogP contribution in [-0.2, 0) is 13.6 Å². The predicted octanol–water partition coefficient (Wildman–Crippen LogP) is 2.22. The third-order valence-corrected chi connectivity index (χ3v) is 4.79. The van der Waals surface area contributed by atoms with Gasteiger partial charge in [-0.1, -0.05) is 42.5 Å². The Kier molecular flexibility index (Phi) is 7.04. The molecule has 2 aromatic rings. The van der Waals surface area contributed by atoms with Gasteiger partial charge in [-0.25, -0.2) is 4.99 Å². The minimum atomic E-state index is 0.652. The van der Waals surface area contributed by atoms with Crippen LogP contribution in [0.5, 0.6) is 0 Å². The molecule has 1 aliphatic heterocycles. The SMILES string of the molecule is CCNC(=NCc1ccnn1C)N1CCN(CC=Cc2ccccc2)CC1. The van der Waals surface area contributed by atoms with Gasteiger partial charge in [-0.05, 0) is 18.6 Å². The Morgan fingerprint density at radius 2 is 1.93 bits per heavy atom. The summed E-state index contributed by atoms with van der Waals surface area (Å²) in [6.07, 6.45) is 6.28. The van der Waals surface area contributed by atoms with Crippen molar-refractivity contribution in [2.45, 2.75) is 13.5 Å². The van der Waals surface area contributed by atoms with E-state index in [1.807, 2.05) is 30.1 Å². The molecule has 3 rings (SSSR count). The van der Waals surface area contributed by atoms with Crippen molar-refractivity contribution in [3.05, 3.63) is 59.9 Å². The van der Waals surface area contributed by atoms with Gasteiger partial charge in [-0.3, -0.25) is 9.58 Å². The number of aromatic nitrogens is 2. The van der Waals surface area contributed by atoms with E-state index in [1.54, 1.807) is 0 Å². The second-order valence-electron chi connectivity index (χ2n) is 6.72. The van der Waals surface area contributed by atoms with Crippen LogP contribution in [-0.4, -0.2) is 64.8 Å². The van der Waals surface area contributed by atoms with Crippen LogP contribution >= 0.6 is 0 Å². The summed E-state index contributed by atoms with van der Waals surface area (Å²) < 4.78 is 1.88. The lowest BCUT2D eigenvalue weighted by molar-refractivity contribution is 0.194. The van der Waals surface area contributed by atoms with Gasteiger partial charge in [0.05, 0.1) is 12.2 Å². The van der Waals surface area contributed by atoms with E-state index in [4.69, 9.17) is 4.99 Å². The number of aryl methyl sites for hydroxylation is 1. The molecule has 1 aromatic carbocycles. The van der Waals surface area contributed by atoms with Crippen LogP contribution in [0, 0.1) is 0 Å². The molecule has 6 heteroatoms. The number of nitrogens with zero attached hydrogens (tertiary/aromatic N) is 5. The fourth-order valence-electron chi connectivity index (χ4n) is 3.18. The highest BCUT2D eigenvalue weighted by Crippen LogP contribution is 2.06. The zero-order valence-corrected chi connectivity index (χ0v) is 16.4. The highest BCUT2D eigenvalue weighted by molar-refractivity contribution is 5.80. The second-order valence-corrected chi connectivity index (χ2v) is 6.72. The summed E-state index contributed by atoms with van der Waals surface area (Å²) in [7, 11) is 1.96. The Labute approximate surface area is 162 Å². The fraction of sp³-hybridized carbons (Fsp3) is 0.429. The van der Waals surface area contributed by atoms with Gasteiger partial charge in [-0.2, -0.15) is 5.10 Å². The van der Waals surface area contributed by atoms with E-state index >= 15 is 0 Å². The molecule has 0 atom stereocenters. The Morgan fingerprint density at radius 1 is 1.15 bits per heavy atom. The molecule has 0 bridgehead atoms. The lowest BCUT2D eigenvalue weighted by Gasteiger charge is -2.36. The molecule has 0 spiro atoms. The van der Waals surface area contributed by atoms with Crippen LogP contribution in [0.15, 0.2) is 53.7 Å². The molecule has 0 amide bonds. The van der Waals surface area contributed by atoms with Crippen LogP contribution in [0.2, 0.25) is 0 Å². The van der Waals surface area contributed by atoms with Gasteiger partial charge in [0.1, 0.15) is 0 Å². The topological polar surface area (TPSA) is 48.7 Å². The van der Waals surface area contributed by atoms with Crippen molar-refractivity contribution in [2.24, 2.45) is 12.0 Å². The van der Waals surface area contributed by atoms with Crippen molar-refractivity contribution < 1.29 is 0 Å². The molecular weight excluding hydrogens is 336 g/mol. The van der Waals surface area contributed by atoms with Crippen LogP contribution in [0.1, 0.15) is 18.2 Å². The van der Waals surface area contributed by atoms with E-state index in [2.05, 4.69) is 63.6 Å². The van der Waals surface area contributed by atoms with Crippen LogP contribution in [0.25, 0.3) is 6.08 Å². The summed E-state index contributed by atoms with van der Waals surface area (Å²) in [5.41, 5.74) is 2.38. The van der Waals surface area contributed by atoms with Crippen LogP contribution < -0.4 is 5.32 Å². The summed E-state index contributed by atoms with van der Waals surface area (Å²) in [5, 5.41) is 7.64. The third kappa shape index (κ3) is 5.69. The van der Waals surface area contributed by atoms with Crippen molar-refractivity contribution in [3.8, 4) is 0 Å². The molecule has 27 heavy (non-hydrogen) atoms. The summed E-state index contributed by atoms with van der Waals surface area (Å²) in [5.74, 6) is 0.998. The first-order valence-electron chi connectivity index (χ1n) is 9.70. The first-order valence-corrected chi connectivity index (χ1v) is 9.70. The maximum absolute atomic E-state index is 4.81. The molecule has 0 aliphatic carbocycles. The molecule has 2 heterocycles. The minimum Gasteiger partial charge on any atom is -0.357 e. The van der Waals surface area contributed by atoms with Gasteiger partial charge in [-0.15, -0.1) is 0 Å². The van der Waals surface area contributed by atoms with E-state index in [9.17, 15) is 0 Å². The lowest BCUT2D eigenvalue weighted by Crippen LogP contribution is -2.52. The number of guanidine groups is 1. The maximum Gasteiger partial charge on any atom is 0.194 e. The maximum atomic E-state index is 4.81. The zero-order valence-electron chi connectivity index (χ0n) is 16.4. The Bertz CT molecular complexity index is 741. The average Bonchev–Trinajstić information content (AvgIpc) is 3.11. The first-order chi connectivity index (χ1) is 13.3. The number of piperazine rings is 1. The number of aliphatic imine (C=N–C) groups is 1. The second kappa shape index (κ2) is 9.92. The third-order valence-electron chi connectivity index (χ3n) is 4.79. The number of hydrogen-bond acceptors (Lipinski definition) is 3. The van der Waals surface area contributed by atoms with E-state index in [-0.39, 0.29) is 0 Å². The molecule has 1 aliphatic rings. The van der Waals surface area contributed by atoms with E-state index in [0.29, 0.717) is 6.54 Å². The summed E-state index contributed by atoms with van der Waals surface area (Å²) in [6, 6.07) is 12.5. The summed E-state index contributed by atoms with van der Waals surface area (Å²) in [4.78, 5) is 9.65. The number of benzene rings is 1. The Morgan fingerprint density at radius 3 is 2.59 bits per heavy atom. The van der Waals surface area contributed by atoms with E-state index < -0.39 is 0 Å². The largest absolute Gasteiger partial charge is 0.357 e. The van der Waals surface area contributed by atoms with Crippen LogP contribution in [0.4, 0.5) is 0 Å². The molecule has 6 nitrogen and oxygen atoms in total. The van der Waals surface area contributed by atoms with Crippen molar-refractivity contribution in [2.75, 3.05) is 39.3 Å². The summed E-state index contributed by atoms with van der Waals surface area (Å²) in [6.45, 7) is 8.73. The molecule has 144 valence electrons. The van der Waals surface area contributed by atoms with Gasteiger partial charge < -0.3 is 10.2 Å². The van der Waals surface area contributed by atoms with Gasteiger partial charge in [0.25, 0.3) is 0 Å². The fourth-order valence-corrected chi connectivity index (χ4v) is 3.18. The molecule has 1 saturated heterocycles. The Hall–Kier alpha value is -2.60. The van der Waals surface area contributed by atoms with Crippen molar-refractivity contribution in [3.63, 3.8) is 0 Å². The molecule has 0 radical (unpaired) electrons. The molecule has 1 N–H and O–H groups in total. The standard InChI is InChI=1S/C21H30N6/c1-3-22-21(23-18-20-11-12-24-25(20)2)27-16-14-26(15-17-27)13-7-10-19-8-5-4-6-9-19/h4-12H,3,13-18H2,1-2H3,(H,22,23). The highest BCUT2D eigenvalue weighted by Gasteiger charge is 2.18. The van der Waals surface area contributed by atoms with Gasteiger partial charge >= 0.3 is 0 Å². The van der Waals surface area contributed by atoms with Gasteiger partial charge in [0, 0.05) is 52.5 Å². The predicted molar refractivity (Wildman–Crippen MR) is 112 cm³/mol. The molecular formula is C21H30N6. The number of rotatable bonds is 6. The monoisotopic (exact) mass is 366 g/mol. The van der Waals surface area contributed by atoms with Crippen LogP contribution in [0.3, 0.4) is 0 Å². The van der Waals surface area contributed by atoms with Gasteiger partial charge in [0.2, 0.25) is 0 Å². The quantitative estimate of drug-likeness (QED) is 0.629. The Balaban J connectivity index is 1.50. The molecule has 1 fully saturated rings. The van der Waals surface area contributed by atoms with Crippen molar-refractivity contribution >= 4 is 12.0 Å². The lowest BCUT2D eigenvalue weighted by atomic mass is 10.2. The van der Waals surface area contributed by atoms with E-state index in [0.717, 1.165) is 50.9 Å². The van der Waals surface area contributed by atoms with E-state index in [1.165, 1.54) is 5.56 Å². The van der Waals surface area contributed by atoms with Crippen molar-refractivity contribution in [1.29, 1.82) is 0 Å². The minimum absolute atomic E-state index is 0.652. The summed E-state index contributed by atoms with van der Waals surface area (Å²) >= 11 is 0. The number of nitrogens with one attached hydrogen (secondary N) is 1.